The maximum atomic E-state index is 10.3. The van der Waals surface area contributed by atoms with E-state index < -0.39 is 10.1 Å². The molecule has 1 aromatic rings. The molecule has 5 nitrogen and oxygen atoms in total. The van der Waals surface area contributed by atoms with Gasteiger partial charge in [-0.05, 0) is 54.7 Å². The zero-order chi connectivity index (χ0) is 11.9. The van der Waals surface area contributed by atoms with Crippen LogP contribution in [0.25, 0.3) is 0 Å². The highest BCUT2D eigenvalue weighted by molar-refractivity contribution is 7.85. The van der Waals surface area contributed by atoms with Crippen LogP contribution < -0.4 is 11.5 Å². The van der Waals surface area contributed by atoms with E-state index in [1.54, 1.807) is 11.3 Å². The molecule has 0 aliphatic rings. The monoisotopic (exact) mass is 280 g/mol. The van der Waals surface area contributed by atoms with Gasteiger partial charge in [0.25, 0.3) is 0 Å². The Hall–Kier alpha value is -0.470. The first kappa shape index (κ1) is 16.5. The third-order valence-corrected chi connectivity index (χ3v) is 3.69. The molecule has 0 amide bonds. The van der Waals surface area contributed by atoms with Gasteiger partial charge in [0.1, 0.15) is 0 Å². The van der Waals surface area contributed by atoms with Crippen molar-refractivity contribution in [2.75, 3.05) is 18.8 Å². The smallest absolute Gasteiger partial charge is 0.0945 e. The van der Waals surface area contributed by atoms with Crippen molar-refractivity contribution in [3.8, 4) is 0 Å². The molecule has 17 heavy (non-hydrogen) atoms. The number of quaternary nitrogens is 1. The molecular formula is C10H20N2O3S2. The van der Waals surface area contributed by atoms with E-state index in [9.17, 15) is 13.0 Å². The summed E-state index contributed by atoms with van der Waals surface area (Å²) in [5.74, 6) is -0.251. The lowest BCUT2D eigenvalue weighted by Crippen LogP contribution is -2.19. The quantitative estimate of drug-likeness (QED) is 0.557. The first-order valence-electron chi connectivity index (χ1n) is 5.23. The summed E-state index contributed by atoms with van der Waals surface area (Å²) in [6.07, 6.45) is 2.16. The lowest BCUT2D eigenvalue weighted by molar-refractivity contribution is 0.460. The van der Waals surface area contributed by atoms with Gasteiger partial charge in [0.15, 0.2) is 0 Å². The van der Waals surface area contributed by atoms with E-state index in [-0.39, 0.29) is 11.9 Å². The van der Waals surface area contributed by atoms with Gasteiger partial charge in [0, 0.05) is 5.75 Å². The van der Waals surface area contributed by atoms with Crippen LogP contribution in [0.15, 0.2) is 16.8 Å². The summed E-state index contributed by atoms with van der Waals surface area (Å²) < 4.78 is 30.9. The Morgan fingerprint density at radius 3 is 2.65 bits per heavy atom. The standard InChI is InChI=1S/C10H17NO3S2.H3N/c12-16(13,14)8-2-1-5-11-6-3-10-4-7-15-9-10;/h4,7,9,11H,1-3,5-6,8H2,(H,12,13,14);1H3. The molecule has 0 aliphatic carbocycles. The first-order valence-corrected chi connectivity index (χ1v) is 7.75. The maximum absolute atomic E-state index is 10.3. The molecule has 0 aliphatic heterocycles. The van der Waals surface area contributed by atoms with Crippen molar-refractivity contribution in [1.82, 2.24) is 11.5 Å². The largest absolute Gasteiger partial charge is 0.748 e. The molecule has 0 saturated carbocycles. The number of hydrogen-bond acceptors (Lipinski definition) is 5. The topological polar surface area (TPSA) is 106 Å². The second-order valence-electron chi connectivity index (χ2n) is 3.60. The highest BCUT2D eigenvalue weighted by Gasteiger charge is 1.96. The Kier molecular flexibility index (Phi) is 8.36. The fraction of sp³-hybridized carbons (Fsp3) is 0.600. The highest BCUT2D eigenvalue weighted by Crippen LogP contribution is 2.05. The van der Waals surface area contributed by atoms with Gasteiger partial charge in [-0.25, -0.2) is 8.42 Å². The third-order valence-electron chi connectivity index (χ3n) is 2.17. The average molecular weight is 280 g/mol. The molecule has 1 rings (SSSR count). The van der Waals surface area contributed by atoms with Gasteiger partial charge >= 0.3 is 0 Å². The summed E-state index contributed by atoms with van der Waals surface area (Å²) in [5.41, 5.74) is 1.32. The third kappa shape index (κ3) is 9.25. The van der Waals surface area contributed by atoms with Crippen molar-refractivity contribution in [3.63, 3.8) is 0 Å². The van der Waals surface area contributed by atoms with Crippen LogP contribution in [0.1, 0.15) is 18.4 Å². The number of rotatable bonds is 8. The van der Waals surface area contributed by atoms with Crippen LogP contribution in [0, 0.1) is 0 Å². The van der Waals surface area contributed by atoms with E-state index in [0.717, 1.165) is 25.9 Å². The van der Waals surface area contributed by atoms with Crippen molar-refractivity contribution in [1.29, 1.82) is 0 Å². The zero-order valence-corrected chi connectivity index (χ0v) is 11.6. The summed E-state index contributed by atoms with van der Waals surface area (Å²) in [4.78, 5) is 0. The van der Waals surface area contributed by atoms with Crippen LogP contribution >= 0.6 is 11.3 Å². The van der Waals surface area contributed by atoms with E-state index in [1.807, 2.05) is 0 Å². The minimum Gasteiger partial charge on any atom is -0.748 e. The molecule has 0 unspecified atom stereocenters. The van der Waals surface area contributed by atoms with Crippen molar-refractivity contribution in [3.05, 3.63) is 22.4 Å². The fourth-order valence-corrected chi connectivity index (χ4v) is 2.58. The van der Waals surface area contributed by atoms with E-state index in [4.69, 9.17) is 0 Å². The van der Waals surface area contributed by atoms with Gasteiger partial charge in [-0.1, -0.05) is 0 Å². The molecule has 1 heterocycles. The van der Waals surface area contributed by atoms with Crippen LogP contribution in [0.4, 0.5) is 0 Å². The minimum absolute atomic E-state index is 0. The summed E-state index contributed by atoms with van der Waals surface area (Å²) in [6.45, 7) is 1.65. The molecule has 0 saturated heterocycles. The van der Waals surface area contributed by atoms with Gasteiger partial charge in [-0.2, -0.15) is 11.3 Å². The minimum atomic E-state index is -4.03. The molecule has 0 radical (unpaired) electrons. The second kappa shape index (κ2) is 8.60. The van der Waals surface area contributed by atoms with E-state index >= 15 is 0 Å². The molecule has 100 valence electrons. The van der Waals surface area contributed by atoms with Crippen LogP contribution in [-0.4, -0.2) is 31.8 Å². The van der Waals surface area contributed by atoms with Gasteiger partial charge in [-0.15, -0.1) is 0 Å². The summed E-state index contributed by atoms with van der Waals surface area (Å²) in [5, 5.41) is 7.38. The average Bonchev–Trinajstić information content (AvgIpc) is 2.67. The SMILES string of the molecule is O=S(=O)([O-])CCCCNCCc1ccsc1.[NH4+]. The molecule has 1 aromatic heterocycles. The summed E-state index contributed by atoms with van der Waals surface area (Å²) >= 11 is 1.69. The van der Waals surface area contributed by atoms with Gasteiger partial charge in [-0.3, -0.25) is 0 Å². The molecule has 0 spiro atoms. The molecule has 5 N–H and O–H groups in total. The van der Waals surface area contributed by atoms with Crippen molar-refractivity contribution in [2.24, 2.45) is 0 Å². The van der Waals surface area contributed by atoms with Crippen molar-refractivity contribution >= 4 is 21.5 Å². The molecular weight excluding hydrogens is 260 g/mol. The Morgan fingerprint density at radius 1 is 1.29 bits per heavy atom. The maximum Gasteiger partial charge on any atom is 0.0945 e. The summed E-state index contributed by atoms with van der Waals surface area (Å²) in [7, 11) is -4.03. The van der Waals surface area contributed by atoms with Gasteiger partial charge in [0.2, 0.25) is 0 Å². The zero-order valence-electron chi connectivity index (χ0n) is 10.0. The fourth-order valence-electron chi connectivity index (χ4n) is 1.32. The number of nitrogens with one attached hydrogen (secondary N) is 1. The molecule has 0 fully saturated rings. The number of unbranched alkanes of at least 4 members (excludes halogenated alkanes) is 1. The van der Waals surface area contributed by atoms with E-state index in [2.05, 4.69) is 22.1 Å². The Morgan fingerprint density at radius 2 is 2.06 bits per heavy atom. The normalized spacial score (nSPS) is 11.1. The van der Waals surface area contributed by atoms with Crippen LogP contribution in [-0.2, 0) is 16.5 Å². The number of thiophene rings is 1. The van der Waals surface area contributed by atoms with Crippen LogP contribution in [0.3, 0.4) is 0 Å². The Labute approximate surface area is 107 Å². The van der Waals surface area contributed by atoms with Crippen LogP contribution in [0.5, 0.6) is 0 Å². The Balaban J connectivity index is 0.00000256. The predicted octanol–water partition coefficient (Wildman–Crippen LogP) is 1.58. The molecule has 0 atom stereocenters. The van der Waals surface area contributed by atoms with Crippen molar-refractivity contribution in [2.45, 2.75) is 19.3 Å². The highest BCUT2D eigenvalue weighted by atomic mass is 32.2. The van der Waals surface area contributed by atoms with E-state index in [0.29, 0.717) is 6.42 Å². The summed E-state index contributed by atoms with van der Waals surface area (Å²) in [6, 6.07) is 2.09. The van der Waals surface area contributed by atoms with Crippen LogP contribution in [0.2, 0.25) is 0 Å². The lowest BCUT2D eigenvalue weighted by atomic mass is 10.2. The molecule has 0 aromatic carbocycles. The lowest BCUT2D eigenvalue weighted by Gasteiger charge is -2.06. The molecule has 0 bridgehead atoms. The van der Waals surface area contributed by atoms with Gasteiger partial charge in [0.05, 0.1) is 10.1 Å². The molecule has 7 heteroatoms. The van der Waals surface area contributed by atoms with Gasteiger partial charge < -0.3 is 16.0 Å². The number of hydrogen-bond donors (Lipinski definition) is 2. The predicted molar refractivity (Wildman–Crippen MR) is 70.7 cm³/mol. The Bertz CT molecular complexity index is 376. The second-order valence-corrected chi connectivity index (χ2v) is 5.90. The van der Waals surface area contributed by atoms with Crippen molar-refractivity contribution < 1.29 is 13.0 Å². The first-order chi connectivity index (χ1) is 7.58. The van der Waals surface area contributed by atoms with E-state index in [1.165, 1.54) is 5.56 Å².